The highest BCUT2D eigenvalue weighted by Gasteiger charge is 2.27. The van der Waals surface area contributed by atoms with E-state index in [0.717, 1.165) is 11.3 Å². The van der Waals surface area contributed by atoms with Crippen LogP contribution < -0.4 is 20.7 Å². The molecule has 1 fully saturated rings. The second-order valence-electron chi connectivity index (χ2n) is 5.69. The summed E-state index contributed by atoms with van der Waals surface area (Å²) in [5, 5.41) is 8.63. The molecule has 0 aromatic heterocycles. The second-order valence-corrected chi connectivity index (χ2v) is 5.69. The number of amides is 3. The molecule has 3 amide bonds. The van der Waals surface area contributed by atoms with Crippen molar-refractivity contribution < 1.29 is 18.7 Å². The lowest BCUT2D eigenvalue weighted by atomic mass is 10.2. The summed E-state index contributed by atoms with van der Waals surface area (Å²) >= 11 is 0. The van der Waals surface area contributed by atoms with Gasteiger partial charge in [-0.2, -0.15) is 0 Å². The normalized spacial score (nSPS) is 15.7. The van der Waals surface area contributed by atoms with Crippen LogP contribution >= 0.6 is 0 Å². The molecule has 142 valence electrons. The summed E-state index contributed by atoms with van der Waals surface area (Å²) in [5.74, 6) is 0.413. The van der Waals surface area contributed by atoms with E-state index in [1.165, 1.54) is 12.1 Å². The van der Waals surface area contributed by atoms with Crippen LogP contribution in [0.5, 0.6) is 5.75 Å². The maximum absolute atomic E-state index is 13.2. The third kappa shape index (κ3) is 5.61. The molecule has 0 bridgehead atoms. The third-order valence-electron chi connectivity index (χ3n) is 3.84. The number of rotatable bonds is 8. The van der Waals surface area contributed by atoms with Crippen molar-refractivity contribution in [2.45, 2.75) is 19.4 Å². The maximum Gasteiger partial charge on any atom is 0.324 e. The minimum atomic E-state index is -0.380. The molecule has 1 unspecified atom stereocenters. The molecule has 0 spiro atoms. The molecule has 1 aliphatic heterocycles. The molecule has 1 saturated heterocycles. The molecule has 8 nitrogen and oxygen atoms in total. The number of nitrogens with zero attached hydrogens (tertiary/aromatic N) is 2. The fourth-order valence-electron chi connectivity index (χ4n) is 2.40. The summed E-state index contributed by atoms with van der Waals surface area (Å²) in [6.07, 6.45) is 0.560. The summed E-state index contributed by atoms with van der Waals surface area (Å²) in [6.45, 7) is 3.11. The highest BCUT2D eigenvalue weighted by atomic mass is 19.1. The zero-order valence-electron chi connectivity index (χ0n) is 14.9. The lowest BCUT2D eigenvalue weighted by Crippen LogP contribution is -2.45. The molecule has 3 N–H and O–H groups in total. The van der Waals surface area contributed by atoms with E-state index in [4.69, 9.17) is 4.74 Å². The molecule has 1 aromatic rings. The standard InChI is InChI=1S/C17H24FN5O3/c1-3-13(26-14-6-4-5-12(18)9-14)10-21-16(19-2)20-7-8-23-15(24)11-22-17(23)25/h4-6,9,13H,3,7-8,10-11H2,1-2H3,(H,22,25)(H2,19,20,21). The number of ether oxygens (including phenoxy) is 1. The Labute approximate surface area is 151 Å². The van der Waals surface area contributed by atoms with Crippen molar-refractivity contribution in [1.82, 2.24) is 20.9 Å². The van der Waals surface area contributed by atoms with Gasteiger partial charge in [-0.1, -0.05) is 13.0 Å². The van der Waals surface area contributed by atoms with Gasteiger partial charge in [-0.3, -0.25) is 14.7 Å². The lowest BCUT2D eigenvalue weighted by molar-refractivity contribution is -0.124. The number of carbonyl (C=O) groups is 2. The smallest absolute Gasteiger partial charge is 0.324 e. The van der Waals surface area contributed by atoms with E-state index in [1.54, 1.807) is 19.2 Å². The first-order chi connectivity index (χ1) is 12.5. The SMILES string of the molecule is CCC(CNC(=NC)NCCN1C(=O)CNC1=O)Oc1cccc(F)c1. The molecule has 0 saturated carbocycles. The van der Waals surface area contributed by atoms with E-state index in [9.17, 15) is 14.0 Å². The molecule has 1 aliphatic rings. The second kappa shape index (κ2) is 9.59. The molecule has 0 aliphatic carbocycles. The zero-order chi connectivity index (χ0) is 18.9. The summed E-state index contributed by atoms with van der Waals surface area (Å²) in [6, 6.07) is 5.63. The number of aliphatic imine (C=N–C) groups is 1. The predicted molar refractivity (Wildman–Crippen MR) is 95.6 cm³/mol. The van der Waals surface area contributed by atoms with Crippen LogP contribution in [0.2, 0.25) is 0 Å². The molecule has 0 radical (unpaired) electrons. The molecule has 1 atom stereocenters. The topological polar surface area (TPSA) is 95.1 Å². The Morgan fingerprint density at radius 3 is 2.85 bits per heavy atom. The van der Waals surface area contributed by atoms with Crippen LogP contribution in [0, 0.1) is 5.82 Å². The van der Waals surface area contributed by atoms with Gasteiger partial charge in [-0.25, -0.2) is 9.18 Å². The van der Waals surface area contributed by atoms with Crippen molar-refractivity contribution in [3.8, 4) is 5.75 Å². The Morgan fingerprint density at radius 1 is 1.42 bits per heavy atom. The van der Waals surface area contributed by atoms with Gasteiger partial charge in [0.25, 0.3) is 0 Å². The van der Waals surface area contributed by atoms with E-state index in [1.807, 2.05) is 6.92 Å². The number of nitrogens with one attached hydrogen (secondary N) is 3. The zero-order valence-corrected chi connectivity index (χ0v) is 14.9. The van der Waals surface area contributed by atoms with Crippen molar-refractivity contribution in [3.63, 3.8) is 0 Å². The van der Waals surface area contributed by atoms with Gasteiger partial charge < -0.3 is 20.7 Å². The number of imide groups is 1. The van der Waals surface area contributed by atoms with E-state index in [0.29, 0.717) is 24.8 Å². The first-order valence-corrected chi connectivity index (χ1v) is 8.48. The van der Waals surface area contributed by atoms with Crippen LogP contribution in [0.1, 0.15) is 13.3 Å². The molecule has 2 rings (SSSR count). The van der Waals surface area contributed by atoms with Crippen molar-refractivity contribution in [3.05, 3.63) is 30.1 Å². The highest BCUT2D eigenvalue weighted by molar-refractivity contribution is 6.01. The first kappa shape index (κ1) is 19.5. The lowest BCUT2D eigenvalue weighted by Gasteiger charge is -2.20. The van der Waals surface area contributed by atoms with Gasteiger partial charge in [-0.15, -0.1) is 0 Å². The third-order valence-corrected chi connectivity index (χ3v) is 3.84. The first-order valence-electron chi connectivity index (χ1n) is 8.48. The number of urea groups is 1. The van der Waals surface area contributed by atoms with Crippen LogP contribution in [-0.2, 0) is 4.79 Å². The highest BCUT2D eigenvalue weighted by Crippen LogP contribution is 2.14. The van der Waals surface area contributed by atoms with Crippen LogP contribution in [0.4, 0.5) is 9.18 Å². The van der Waals surface area contributed by atoms with E-state index >= 15 is 0 Å². The average molecular weight is 365 g/mol. The van der Waals surface area contributed by atoms with Crippen molar-refractivity contribution in [2.75, 3.05) is 33.2 Å². The maximum atomic E-state index is 13.2. The van der Waals surface area contributed by atoms with Gasteiger partial charge in [0.2, 0.25) is 5.91 Å². The Kier molecular flexibility index (Phi) is 7.19. The molecule has 1 aromatic carbocycles. The van der Waals surface area contributed by atoms with E-state index in [-0.39, 0.29) is 36.9 Å². The quantitative estimate of drug-likeness (QED) is 0.358. The Balaban J connectivity index is 1.76. The Bertz CT molecular complexity index is 652. The van der Waals surface area contributed by atoms with Crippen LogP contribution in [-0.4, -0.2) is 62.1 Å². The molecule has 26 heavy (non-hydrogen) atoms. The van der Waals surface area contributed by atoms with Crippen molar-refractivity contribution in [1.29, 1.82) is 0 Å². The number of hydrogen-bond acceptors (Lipinski definition) is 4. The fraction of sp³-hybridized carbons (Fsp3) is 0.471. The summed E-state index contributed by atoms with van der Waals surface area (Å²) in [7, 11) is 1.62. The van der Waals surface area contributed by atoms with Gasteiger partial charge >= 0.3 is 6.03 Å². The number of benzene rings is 1. The van der Waals surface area contributed by atoms with E-state index in [2.05, 4.69) is 20.9 Å². The van der Waals surface area contributed by atoms with Crippen LogP contribution in [0.3, 0.4) is 0 Å². The summed E-state index contributed by atoms with van der Waals surface area (Å²) in [5.41, 5.74) is 0. The minimum absolute atomic E-state index is 0.0431. The Morgan fingerprint density at radius 2 is 2.23 bits per heavy atom. The summed E-state index contributed by atoms with van der Waals surface area (Å²) < 4.78 is 19.0. The number of guanidine groups is 1. The fourth-order valence-corrected chi connectivity index (χ4v) is 2.40. The Hall–Kier alpha value is -2.84. The van der Waals surface area contributed by atoms with Crippen LogP contribution in [0.15, 0.2) is 29.3 Å². The molecule has 1 heterocycles. The minimum Gasteiger partial charge on any atom is -0.489 e. The number of halogens is 1. The number of carbonyl (C=O) groups excluding carboxylic acids is 2. The van der Waals surface area contributed by atoms with Gasteiger partial charge in [-0.05, 0) is 18.6 Å². The molecular weight excluding hydrogens is 341 g/mol. The largest absolute Gasteiger partial charge is 0.489 e. The number of hydrogen-bond donors (Lipinski definition) is 3. The van der Waals surface area contributed by atoms with Gasteiger partial charge in [0.15, 0.2) is 5.96 Å². The van der Waals surface area contributed by atoms with Gasteiger partial charge in [0.05, 0.1) is 13.1 Å². The van der Waals surface area contributed by atoms with E-state index < -0.39 is 0 Å². The van der Waals surface area contributed by atoms with Crippen LogP contribution in [0.25, 0.3) is 0 Å². The average Bonchev–Trinajstić information content (AvgIpc) is 2.95. The van der Waals surface area contributed by atoms with Gasteiger partial charge in [0.1, 0.15) is 17.7 Å². The van der Waals surface area contributed by atoms with Gasteiger partial charge in [0, 0.05) is 26.2 Å². The van der Waals surface area contributed by atoms with Crippen molar-refractivity contribution >= 4 is 17.9 Å². The monoisotopic (exact) mass is 365 g/mol. The molecule has 9 heteroatoms. The predicted octanol–water partition coefficient (Wildman–Crippen LogP) is 0.700. The summed E-state index contributed by atoms with van der Waals surface area (Å²) in [4.78, 5) is 28.2. The molecular formula is C17H24FN5O3. The van der Waals surface area contributed by atoms with Crippen molar-refractivity contribution in [2.24, 2.45) is 4.99 Å².